The van der Waals surface area contributed by atoms with Crippen molar-refractivity contribution in [2.45, 2.75) is 34.1 Å². The molecule has 138 valence electrons. The van der Waals surface area contributed by atoms with Crippen LogP contribution < -0.4 is 9.47 Å². The van der Waals surface area contributed by atoms with E-state index in [9.17, 15) is 4.79 Å². The van der Waals surface area contributed by atoms with Crippen molar-refractivity contribution in [3.8, 4) is 17.4 Å². The van der Waals surface area contributed by atoms with Gasteiger partial charge in [-0.15, -0.1) is 0 Å². The van der Waals surface area contributed by atoms with Crippen LogP contribution in [0, 0.1) is 12.8 Å². The third-order valence-corrected chi connectivity index (χ3v) is 3.99. The number of rotatable bonds is 8. The lowest BCUT2D eigenvalue weighted by Crippen LogP contribution is -1.98. The van der Waals surface area contributed by atoms with Crippen LogP contribution in [0.2, 0.25) is 5.02 Å². The lowest BCUT2D eigenvalue weighted by molar-refractivity contribution is -0.117. The molecule has 5 heteroatoms. The molecule has 0 bridgehead atoms. The number of Topliss-reactive ketones (excluding diaryl/α,β-unsaturated/α-hetero) is 1. The second-order valence-corrected chi connectivity index (χ2v) is 6.67. The topological polar surface area (TPSA) is 48.4 Å². The van der Waals surface area contributed by atoms with Gasteiger partial charge >= 0.3 is 0 Å². The zero-order valence-electron chi connectivity index (χ0n) is 15.6. The molecule has 1 aromatic carbocycles. The molecule has 0 saturated carbocycles. The number of carbonyl (C=O) groups excluding carboxylic acids is 1. The molecule has 0 radical (unpaired) electrons. The Bertz CT molecular complexity index is 802. The molecular weight excluding hydrogens is 350 g/mol. The largest absolute Gasteiger partial charge is 0.494 e. The molecule has 0 aliphatic heterocycles. The highest BCUT2D eigenvalue weighted by atomic mass is 35.5. The van der Waals surface area contributed by atoms with Gasteiger partial charge in [-0.25, -0.2) is 4.98 Å². The van der Waals surface area contributed by atoms with E-state index in [2.05, 4.69) is 4.98 Å². The fourth-order valence-electron chi connectivity index (χ4n) is 2.50. The highest BCUT2D eigenvalue weighted by Crippen LogP contribution is 2.33. The lowest BCUT2D eigenvalue weighted by atomic mass is 10.0. The number of ether oxygens (including phenoxy) is 2. The number of carbonyl (C=O) groups is 1. The van der Waals surface area contributed by atoms with Gasteiger partial charge in [0.2, 0.25) is 5.88 Å². The Morgan fingerprint density at radius 2 is 2.12 bits per heavy atom. The van der Waals surface area contributed by atoms with Crippen LogP contribution in [0.25, 0.3) is 6.08 Å². The highest BCUT2D eigenvalue weighted by molar-refractivity contribution is 6.32. The first kappa shape index (κ1) is 20.0. The van der Waals surface area contributed by atoms with Crippen LogP contribution in [0.3, 0.4) is 0 Å². The first-order valence-electron chi connectivity index (χ1n) is 8.63. The number of allylic oxidation sites excluding steroid dienone is 1. The smallest absolute Gasteiger partial charge is 0.222 e. The number of nitrogens with zero attached hydrogens (tertiary/aromatic N) is 1. The van der Waals surface area contributed by atoms with Crippen molar-refractivity contribution in [2.75, 3.05) is 6.61 Å². The van der Waals surface area contributed by atoms with Crippen LogP contribution in [0.5, 0.6) is 17.4 Å². The van der Waals surface area contributed by atoms with Crippen molar-refractivity contribution >= 4 is 23.5 Å². The molecule has 0 aliphatic carbocycles. The number of aryl methyl sites for hydroxylation is 1. The molecule has 0 saturated heterocycles. The summed E-state index contributed by atoms with van der Waals surface area (Å²) in [6.07, 6.45) is 6.27. The number of hydrogen-bond donors (Lipinski definition) is 0. The maximum absolute atomic E-state index is 11.1. The molecule has 1 aromatic heterocycles. The van der Waals surface area contributed by atoms with Crippen molar-refractivity contribution in [1.29, 1.82) is 0 Å². The van der Waals surface area contributed by atoms with Gasteiger partial charge in [0, 0.05) is 24.2 Å². The van der Waals surface area contributed by atoms with Crippen LogP contribution in [0.15, 0.2) is 36.5 Å². The first-order valence-corrected chi connectivity index (χ1v) is 9.01. The van der Waals surface area contributed by atoms with Gasteiger partial charge in [0.15, 0.2) is 0 Å². The molecule has 0 N–H and O–H groups in total. The van der Waals surface area contributed by atoms with E-state index in [0.717, 1.165) is 11.1 Å². The van der Waals surface area contributed by atoms with E-state index in [0.29, 0.717) is 35.4 Å². The third-order valence-electron chi connectivity index (χ3n) is 3.70. The summed E-state index contributed by atoms with van der Waals surface area (Å²) in [5, 5.41) is 0.471. The molecule has 2 aromatic rings. The fraction of sp³-hybridized carbons (Fsp3) is 0.333. The first-order chi connectivity index (χ1) is 12.4. The van der Waals surface area contributed by atoms with E-state index >= 15 is 0 Å². The predicted octanol–water partition coefficient (Wildman–Crippen LogP) is 5.86. The Morgan fingerprint density at radius 3 is 2.73 bits per heavy atom. The number of halogens is 1. The van der Waals surface area contributed by atoms with E-state index < -0.39 is 0 Å². The highest BCUT2D eigenvalue weighted by Gasteiger charge is 2.09. The zero-order chi connectivity index (χ0) is 19.1. The summed E-state index contributed by atoms with van der Waals surface area (Å²) in [5.74, 6) is 2.13. The van der Waals surface area contributed by atoms with Crippen molar-refractivity contribution in [3.63, 3.8) is 0 Å². The van der Waals surface area contributed by atoms with Gasteiger partial charge in [0.05, 0.1) is 11.6 Å². The summed E-state index contributed by atoms with van der Waals surface area (Å²) in [6, 6.07) is 7.30. The predicted molar refractivity (Wildman–Crippen MR) is 105 cm³/mol. The number of pyridine rings is 1. The second-order valence-electron chi connectivity index (χ2n) is 6.26. The monoisotopic (exact) mass is 373 g/mol. The van der Waals surface area contributed by atoms with Crippen LogP contribution >= 0.6 is 11.6 Å². The average molecular weight is 374 g/mol. The number of hydrogen-bond acceptors (Lipinski definition) is 4. The molecule has 2 rings (SSSR count). The van der Waals surface area contributed by atoms with Crippen molar-refractivity contribution in [2.24, 2.45) is 5.92 Å². The summed E-state index contributed by atoms with van der Waals surface area (Å²) >= 11 is 6.25. The lowest BCUT2D eigenvalue weighted by Gasteiger charge is -2.11. The Morgan fingerprint density at radius 1 is 1.35 bits per heavy atom. The minimum atomic E-state index is 0.187. The SMILES string of the molecule is CCOc1ccc(Oc2ncc(/C=C/[C@H](C)CC(C)=O)cc2C)c(Cl)c1. The van der Waals surface area contributed by atoms with Crippen molar-refractivity contribution < 1.29 is 14.3 Å². The van der Waals surface area contributed by atoms with E-state index in [1.165, 1.54) is 0 Å². The second kappa shape index (κ2) is 9.39. The van der Waals surface area contributed by atoms with Gasteiger partial charge < -0.3 is 14.3 Å². The van der Waals surface area contributed by atoms with Crippen molar-refractivity contribution in [3.05, 3.63) is 52.7 Å². The van der Waals surface area contributed by atoms with E-state index in [1.54, 1.807) is 25.3 Å². The quantitative estimate of drug-likeness (QED) is 0.581. The van der Waals surface area contributed by atoms with Crippen LogP contribution in [-0.4, -0.2) is 17.4 Å². The van der Waals surface area contributed by atoms with Gasteiger partial charge in [0.1, 0.15) is 17.3 Å². The summed E-state index contributed by atoms with van der Waals surface area (Å²) < 4.78 is 11.3. The minimum Gasteiger partial charge on any atom is -0.494 e. The molecule has 0 unspecified atom stereocenters. The minimum absolute atomic E-state index is 0.187. The van der Waals surface area contributed by atoms with Gasteiger partial charge in [-0.3, -0.25) is 0 Å². The molecule has 1 heterocycles. The molecule has 0 fully saturated rings. The van der Waals surface area contributed by atoms with Gasteiger partial charge in [-0.05, 0) is 50.5 Å². The van der Waals surface area contributed by atoms with Gasteiger partial charge in [-0.2, -0.15) is 0 Å². The summed E-state index contributed by atoms with van der Waals surface area (Å²) in [7, 11) is 0. The Labute approximate surface area is 159 Å². The van der Waals surface area contributed by atoms with E-state index in [1.807, 2.05) is 45.1 Å². The molecule has 0 aliphatic rings. The standard InChI is InChI=1S/C21H24ClNO3/c1-5-25-18-8-9-20(19(22)12-18)26-21-15(3)11-17(13-23-21)7-6-14(2)10-16(4)24/h6-9,11-14H,5,10H2,1-4H3/b7-6+/t14-/m0/s1. The average Bonchev–Trinajstić information content (AvgIpc) is 2.57. The molecule has 4 nitrogen and oxygen atoms in total. The Balaban J connectivity index is 2.10. The summed E-state index contributed by atoms with van der Waals surface area (Å²) in [6.45, 7) is 8.05. The molecular formula is C21H24ClNO3. The number of aromatic nitrogens is 1. The zero-order valence-corrected chi connectivity index (χ0v) is 16.3. The molecule has 0 amide bonds. The third kappa shape index (κ3) is 5.88. The van der Waals surface area contributed by atoms with Crippen LogP contribution in [-0.2, 0) is 4.79 Å². The van der Waals surface area contributed by atoms with Gasteiger partial charge in [0.25, 0.3) is 0 Å². The van der Waals surface area contributed by atoms with Crippen molar-refractivity contribution in [1.82, 2.24) is 4.98 Å². The molecule has 0 spiro atoms. The summed E-state index contributed by atoms with van der Waals surface area (Å²) in [5.41, 5.74) is 1.86. The fourth-order valence-corrected chi connectivity index (χ4v) is 2.71. The van der Waals surface area contributed by atoms with E-state index in [4.69, 9.17) is 21.1 Å². The summed E-state index contributed by atoms with van der Waals surface area (Å²) in [4.78, 5) is 15.5. The maximum Gasteiger partial charge on any atom is 0.222 e. The number of benzene rings is 1. The maximum atomic E-state index is 11.1. The molecule has 26 heavy (non-hydrogen) atoms. The van der Waals surface area contributed by atoms with E-state index in [-0.39, 0.29) is 11.7 Å². The molecule has 1 atom stereocenters. The van der Waals surface area contributed by atoms with Gasteiger partial charge in [-0.1, -0.05) is 30.7 Å². The van der Waals surface area contributed by atoms with Crippen LogP contribution in [0.4, 0.5) is 0 Å². The van der Waals surface area contributed by atoms with Crippen LogP contribution in [0.1, 0.15) is 38.3 Å². The Hall–Kier alpha value is -2.33. The normalized spacial score (nSPS) is 12.2. The Kier molecular flexibility index (Phi) is 7.22. The number of ketones is 1.